The minimum atomic E-state index is 0.145. The zero-order valence-corrected chi connectivity index (χ0v) is 23.7. The Bertz CT molecular complexity index is 1370. The van der Waals surface area contributed by atoms with Crippen LogP contribution in [0.4, 0.5) is 0 Å². The molecular formula is C36H44N4. The van der Waals surface area contributed by atoms with Crippen molar-refractivity contribution < 1.29 is 0 Å². The number of piperidine rings is 1. The summed E-state index contributed by atoms with van der Waals surface area (Å²) >= 11 is 0. The molecule has 3 aromatic carbocycles. The van der Waals surface area contributed by atoms with E-state index in [4.69, 9.17) is 5.41 Å². The summed E-state index contributed by atoms with van der Waals surface area (Å²) in [5.74, 6) is 2.42. The van der Waals surface area contributed by atoms with Gasteiger partial charge in [-0.15, -0.1) is 0 Å². The van der Waals surface area contributed by atoms with Gasteiger partial charge in [0.15, 0.2) is 0 Å². The lowest BCUT2D eigenvalue weighted by Gasteiger charge is -2.37. The second-order valence-corrected chi connectivity index (χ2v) is 12.7. The molecule has 40 heavy (non-hydrogen) atoms. The molecule has 208 valence electrons. The van der Waals surface area contributed by atoms with E-state index in [1.165, 1.54) is 59.2 Å². The van der Waals surface area contributed by atoms with Gasteiger partial charge in [-0.25, -0.2) is 0 Å². The summed E-state index contributed by atoms with van der Waals surface area (Å²) in [6.45, 7) is 2.99. The first-order valence-electron chi connectivity index (χ1n) is 15.8. The lowest BCUT2D eigenvalue weighted by Crippen LogP contribution is -2.49. The van der Waals surface area contributed by atoms with Crippen LogP contribution in [-0.4, -0.2) is 37.6 Å². The monoisotopic (exact) mass is 532 g/mol. The number of benzene rings is 3. The van der Waals surface area contributed by atoms with E-state index in [2.05, 4.69) is 88.8 Å². The van der Waals surface area contributed by atoms with E-state index in [9.17, 15) is 0 Å². The summed E-state index contributed by atoms with van der Waals surface area (Å²) in [6.07, 6.45) is 18.5. The number of allylic oxidation sites excluding steroid dienone is 4. The first kappa shape index (κ1) is 26.1. The van der Waals surface area contributed by atoms with Gasteiger partial charge < -0.3 is 16.0 Å². The number of hydrogen-bond donors (Lipinski definition) is 4. The average molecular weight is 533 g/mol. The predicted molar refractivity (Wildman–Crippen MR) is 168 cm³/mol. The van der Waals surface area contributed by atoms with Crippen LogP contribution in [0, 0.1) is 17.2 Å². The molecule has 5 unspecified atom stereocenters. The Hall–Kier alpha value is -2.79. The lowest BCUT2D eigenvalue weighted by atomic mass is 9.68. The van der Waals surface area contributed by atoms with Gasteiger partial charge in [-0.1, -0.05) is 72.8 Å². The molecule has 1 saturated heterocycles. The van der Waals surface area contributed by atoms with Gasteiger partial charge in [-0.05, 0) is 121 Å². The molecule has 3 fully saturated rings. The van der Waals surface area contributed by atoms with E-state index in [-0.39, 0.29) is 6.04 Å². The zero-order chi connectivity index (χ0) is 26.9. The summed E-state index contributed by atoms with van der Waals surface area (Å²) in [6, 6.07) is 19.2. The summed E-state index contributed by atoms with van der Waals surface area (Å²) in [4.78, 5) is 0. The maximum absolute atomic E-state index is 8.78. The Kier molecular flexibility index (Phi) is 7.58. The van der Waals surface area contributed by atoms with E-state index < -0.39 is 0 Å². The van der Waals surface area contributed by atoms with Crippen LogP contribution in [0.15, 0.2) is 72.8 Å². The molecule has 0 spiro atoms. The van der Waals surface area contributed by atoms with Gasteiger partial charge in [0, 0.05) is 24.5 Å². The van der Waals surface area contributed by atoms with E-state index >= 15 is 0 Å². The highest BCUT2D eigenvalue weighted by atomic mass is 15.1. The number of nitrogens with one attached hydrogen (secondary N) is 4. The van der Waals surface area contributed by atoms with Crippen LogP contribution in [0.1, 0.15) is 74.3 Å². The van der Waals surface area contributed by atoms with Crippen molar-refractivity contribution in [1.82, 2.24) is 16.0 Å². The van der Waals surface area contributed by atoms with Crippen molar-refractivity contribution in [3.63, 3.8) is 0 Å². The van der Waals surface area contributed by atoms with Crippen molar-refractivity contribution in [2.75, 3.05) is 19.8 Å². The average Bonchev–Trinajstić information content (AvgIpc) is 3.01. The Morgan fingerprint density at radius 1 is 0.675 bits per heavy atom. The second kappa shape index (κ2) is 11.6. The van der Waals surface area contributed by atoms with Gasteiger partial charge in [-0.2, -0.15) is 0 Å². The molecule has 1 heterocycles. The summed E-state index contributed by atoms with van der Waals surface area (Å²) in [7, 11) is 0. The Balaban J connectivity index is 1.21. The molecule has 4 aliphatic rings. The molecule has 0 radical (unpaired) electrons. The molecule has 2 saturated carbocycles. The van der Waals surface area contributed by atoms with E-state index in [0.29, 0.717) is 29.7 Å². The minimum absolute atomic E-state index is 0.145. The van der Waals surface area contributed by atoms with Gasteiger partial charge >= 0.3 is 0 Å². The molecule has 1 aliphatic heterocycles. The third-order valence-electron chi connectivity index (χ3n) is 10.4. The van der Waals surface area contributed by atoms with Gasteiger partial charge in [0.25, 0.3) is 0 Å². The minimum Gasteiger partial charge on any atom is -0.317 e. The van der Waals surface area contributed by atoms with Crippen LogP contribution in [-0.2, 0) is 0 Å². The van der Waals surface area contributed by atoms with E-state index in [1.54, 1.807) is 5.56 Å². The lowest BCUT2D eigenvalue weighted by molar-refractivity contribution is 0.303. The molecule has 4 heteroatoms. The van der Waals surface area contributed by atoms with Crippen molar-refractivity contribution in [2.24, 2.45) is 11.8 Å². The quantitative estimate of drug-likeness (QED) is 0.201. The molecular weight excluding hydrogens is 488 g/mol. The van der Waals surface area contributed by atoms with Gasteiger partial charge in [-0.3, -0.25) is 5.32 Å². The second-order valence-electron chi connectivity index (χ2n) is 12.7. The van der Waals surface area contributed by atoms with Crippen molar-refractivity contribution in [3.05, 3.63) is 84.0 Å². The third kappa shape index (κ3) is 5.06. The highest BCUT2D eigenvalue weighted by molar-refractivity contribution is 6.07. The molecule has 3 aliphatic carbocycles. The van der Waals surface area contributed by atoms with Gasteiger partial charge in [0.1, 0.15) is 0 Å². The van der Waals surface area contributed by atoms with Crippen LogP contribution in [0.25, 0.3) is 21.5 Å². The fourth-order valence-corrected chi connectivity index (χ4v) is 8.31. The smallest absolute Gasteiger partial charge is 0.0464 e. The summed E-state index contributed by atoms with van der Waals surface area (Å²) in [5.41, 5.74) is 3.98. The molecule has 4 N–H and O–H groups in total. The molecule has 0 amide bonds. The van der Waals surface area contributed by atoms with E-state index in [1.807, 2.05) is 0 Å². The molecule has 0 bridgehead atoms. The highest BCUT2D eigenvalue weighted by Gasteiger charge is 2.33. The standard InChI is InChI=1S/C36H44N4/c37-33-16-15-27(22-34(33)40-23-39-28-17-19-38-20-18-28)36-31-11-5-3-9-29(31)35(30-10-4-6-12-32(30)36)26-14-13-24-7-1-2-8-25(24)21-26/h1-12,24-28,34,37-40H,13-23H2. The predicted octanol–water partition coefficient (Wildman–Crippen LogP) is 7.16. The maximum Gasteiger partial charge on any atom is 0.0464 e. The van der Waals surface area contributed by atoms with Crippen molar-refractivity contribution in [2.45, 2.75) is 75.3 Å². The molecule has 5 atom stereocenters. The Labute approximate surface area is 239 Å². The van der Waals surface area contributed by atoms with Crippen molar-refractivity contribution in [1.29, 1.82) is 5.41 Å². The number of rotatable bonds is 6. The SMILES string of the molecule is N=C1CCC(c2c3ccccc3c(C3CCC4C=CC=CC4C3)c3ccccc23)CC1NCNC1CCNCC1. The Morgan fingerprint density at radius 3 is 1.93 bits per heavy atom. The fourth-order valence-electron chi connectivity index (χ4n) is 8.31. The fraction of sp³-hybridized carbons (Fsp3) is 0.472. The van der Waals surface area contributed by atoms with Crippen molar-refractivity contribution in [3.8, 4) is 0 Å². The largest absolute Gasteiger partial charge is 0.317 e. The van der Waals surface area contributed by atoms with Crippen LogP contribution < -0.4 is 16.0 Å². The third-order valence-corrected chi connectivity index (χ3v) is 10.4. The van der Waals surface area contributed by atoms with Crippen LogP contribution >= 0.6 is 0 Å². The number of fused-ring (bicyclic) bond motifs is 3. The molecule has 7 rings (SSSR count). The van der Waals surface area contributed by atoms with E-state index in [0.717, 1.165) is 44.7 Å². The van der Waals surface area contributed by atoms with Crippen LogP contribution in [0.5, 0.6) is 0 Å². The molecule has 3 aromatic rings. The number of hydrogen-bond acceptors (Lipinski definition) is 4. The summed E-state index contributed by atoms with van der Waals surface area (Å²) in [5, 5.41) is 25.5. The van der Waals surface area contributed by atoms with Crippen LogP contribution in [0.2, 0.25) is 0 Å². The topological polar surface area (TPSA) is 59.9 Å². The Morgan fingerprint density at radius 2 is 1.27 bits per heavy atom. The van der Waals surface area contributed by atoms with Gasteiger partial charge in [0.05, 0.1) is 0 Å². The first-order valence-corrected chi connectivity index (χ1v) is 15.8. The van der Waals surface area contributed by atoms with Crippen molar-refractivity contribution >= 4 is 27.3 Å². The summed E-state index contributed by atoms with van der Waals surface area (Å²) < 4.78 is 0. The molecule has 0 aromatic heterocycles. The first-order chi connectivity index (χ1) is 19.8. The molecule has 4 nitrogen and oxygen atoms in total. The normalized spacial score (nSPS) is 29.2. The zero-order valence-electron chi connectivity index (χ0n) is 23.7. The maximum atomic E-state index is 8.78. The van der Waals surface area contributed by atoms with Gasteiger partial charge in [0.2, 0.25) is 0 Å². The highest BCUT2D eigenvalue weighted by Crippen LogP contribution is 2.49. The van der Waals surface area contributed by atoms with Crippen LogP contribution in [0.3, 0.4) is 0 Å².